The molecule has 1 unspecified atom stereocenters. The van der Waals surface area contributed by atoms with Crippen molar-refractivity contribution >= 4 is 37.4 Å². The summed E-state index contributed by atoms with van der Waals surface area (Å²) in [5.41, 5.74) is -0.00504. The Kier molecular flexibility index (Phi) is 3.72. The van der Waals surface area contributed by atoms with Crippen LogP contribution in [-0.2, 0) is 16.3 Å². The van der Waals surface area contributed by atoms with Crippen LogP contribution in [-0.4, -0.2) is 19.9 Å². The Morgan fingerprint density at radius 3 is 2.72 bits per heavy atom. The number of rotatable bonds is 2. The Bertz CT molecular complexity index is 623. The van der Waals surface area contributed by atoms with Gasteiger partial charge in [0.2, 0.25) is 0 Å². The third-order valence-corrected chi connectivity index (χ3v) is 5.83. The SMILES string of the molecule is N#CC1(Cc2ccc(Br)cc2Cl)CCS(=O)(=O)C1. The highest BCUT2D eigenvalue weighted by atomic mass is 79.9. The highest BCUT2D eigenvalue weighted by Gasteiger charge is 2.42. The molecular formula is C12H11BrClNO2S. The molecule has 1 heterocycles. The predicted octanol–water partition coefficient (Wildman–Crippen LogP) is 2.97. The lowest BCUT2D eigenvalue weighted by Gasteiger charge is -2.19. The third kappa shape index (κ3) is 2.87. The van der Waals surface area contributed by atoms with Crippen molar-refractivity contribution in [3.05, 3.63) is 33.3 Å². The van der Waals surface area contributed by atoms with E-state index in [-0.39, 0.29) is 11.5 Å². The van der Waals surface area contributed by atoms with Crippen LogP contribution in [0.4, 0.5) is 0 Å². The number of hydrogen-bond donors (Lipinski definition) is 0. The maximum atomic E-state index is 11.5. The fourth-order valence-corrected chi connectivity index (χ4v) is 4.95. The van der Waals surface area contributed by atoms with E-state index in [0.717, 1.165) is 10.0 Å². The first-order valence-corrected chi connectivity index (χ1v) is 8.41. The van der Waals surface area contributed by atoms with Gasteiger partial charge in [-0.2, -0.15) is 5.26 Å². The summed E-state index contributed by atoms with van der Waals surface area (Å²) in [6, 6.07) is 7.60. The summed E-state index contributed by atoms with van der Waals surface area (Å²) in [7, 11) is -3.08. The molecule has 6 heteroatoms. The molecule has 1 aromatic carbocycles. The van der Waals surface area contributed by atoms with Crippen molar-refractivity contribution in [3.63, 3.8) is 0 Å². The number of nitrogens with zero attached hydrogens (tertiary/aromatic N) is 1. The number of nitriles is 1. The van der Waals surface area contributed by atoms with E-state index >= 15 is 0 Å². The lowest BCUT2D eigenvalue weighted by atomic mass is 9.83. The van der Waals surface area contributed by atoms with Gasteiger partial charge in [0, 0.05) is 9.50 Å². The van der Waals surface area contributed by atoms with Crippen molar-refractivity contribution in [2.75, 3.05) is 11.5 Å². The van der Waals surface area contributed by atoms with E-state index in [4.69, 9.17) is 11.6 Å². The average Bonchev–Trinajstić information content (AvgIpc) is 2.59. The second-order valence-electron chi connectivity index (χ2n) is 4.65. The van der Waals surface area contributed by atoms with E-state index in [9.17, 15) is 13.7 Å². The summed E-state index contributed by atoms with van der Waals surface area (Å²) >= 11 is 9.42. The van der Waals surface area contributed by atoms with Crippen molar-refractivity contribution in [2.24, 2.45) is 5.41 Å². The van der Waals surface area contributed by atoms with E-state index in [2.05, 4.69) is 22.0 Å². The van der Waals surface area contributed by atoms with E-state index in [1.54, 1.807) is 6.07 Å². The molecule has 0 aromatic heterocycles. The van der Waals surface area contributed by atoms with E-state index < -0.39 is 15.3 Å². The van der Waals surface area contributed by atoms with Gasteiger partial charge in [-0.15, -0.1) is 0 Å². The highest BCUT2D eigenvalue weighted by molar-refractivity contribution is 9.10. The van der Waals surface area contributed by atoms with Crippen LogP contribution in [0.1, 0.15) is 12.0 Å². The summed E-state index contributed by atoms with van der Waals surface area (Å²) < 4.78 is 23.9. The largest absolute Gasteiger partial charge is 0.229 e. The Labute approximate surface area is 120 Å². The molecule has 1 atom stereocenters. The summed E-state index contributed by atoms with van der Waals surface area (Å²) in [6.07, 6.45) is 0.771. The topological polar surface area (TPSA) is 57.9 Å². The van der Waals surface area contributed by atoms with Crippen LogP contribution in [0, 0.1) is 16.7 Å². The summed E-state index contributed by atoms with van der Waals surface area (Å²) in [5, 5.41) is 9.85. The monoisotopic (exact) mass is 347 g/mol. The first kappa shape index (κ1) is 13.9. The standard InChI is InChI=1S/C12H11BrClNO2S/c13-10-2-1-9(11(14)5-10)6-12(7-15)3-4-18(16,17)8-12/h1-2,5H,3-4,6,8H2. The molecule has 0 bridgehead atoms. The minimum Gasteiger partial charge on any atom is -0.229 e. The summed E-state index contributed by atoms with van der Waals surface area (Å²) in [4.78, 5) is 0. The van der Waals surface area contributed by atoms with Crippen molar-refractivity contribution in [2.45, 2.75) is 12.8 Å². The van der Waals surface area contributed by atoms with E-state index in [0.29, 0.717) is 17.9 Å². The van der Waals surface area contributed by atoms with Gasteiger partial charge >= 0.3 is 0 Å². The number of hydrogen-bond acceptors (Lipinski definition) is 3. The summed E-state index contributed by atoms with van der Waals surface area (Å²) in [6.45, 7) is 0. The third-order valence-electron chi connectivity index (χ3n) is 3.17. The van der Waals surface area contributed by atoms with Crippen LogP contribution in [0.2, 0.25) is 5.02 Å². The molecule has 1 aliphatic heterocycles. The van der Waals surface area contributed by atoms with Crippen LogP contribution in [0.5, 0.6) is 0 Å². The Balaban J connectivity index is 2.30. The molecule has 2 rings (SSSR count). The molecule has 0 radical (unpaired) electrons. The van der Waals surface area contributed by atoms with E-state index in [1.807, 2.05) is 12.1 Å². The van der Waals surface area contributed by atoms with Crippen molar-refractivity contribution in [3.8, 4) is 6.07 Å². The smallest absolute Gasteiger partial charge is 0.151 e. The lowest BCUT2D eigenvalue weighted by molar-refractivity contribution is 0.451. The molecule has 0 spiro atoms. The Morgan fingerprint density at radius 1 is 1.50 bits per heavy atom. The molecule has 18 heavy (non-hydrogen) atoms. The quantitative estimate of drug-likeness (QED) is 0.825. The molecule has 0 amide bonds. The second kappa shape index (κ2) is 4.84. The number of halogens is 2. The zero-order valence-corrected chi connectivity index (χ0v) is 12.6. The Hall–Kier alpha value is -0.570. The van der Waals surface area contributed by atoms with Gasteiger partial charge in [-0.3, -0.25) is 0 Å². The van der Waals surface area contributed by atoms with Crippen LogP contribution in [0.15, 0.2) is 22.7 Å². The predicted molar refractivity (Wildman–Crippen MR) is 74.2 cm³/mol. The average molecular weight is 349 g/mol. The summed E-state index contributed by atoms with van der Waals surface area (Å²) in [5.74, 6) is 0.0254. The van der Waals surface area contributed by atoms with Crippen LogP contribution in [0.3, 0.4) is 0 Å². The van der Waals surface area contributed by atoms with Crippen molar-refractivity contribution < 1.29 is 8.42 Å². The van der Waals surface area contributed by atoms with E-state index in [1.165, 1.54) is 0 Å². The maximum absolute atomic E-state index is 11.5. The minimum absolute atomic E-state index is 0.0666. The molecule has 0 aliphatic carbocycles. The minimum atomic E-state index is -3.08. The van der Waals surface area contributed by atoms with Crippen molar-refractivity contribution in [1.29, 1.82) is 5.26 Å². The van der Waals surface area contributed by atoms with Gasteiger partial charge in [0.1, 0.15) is 0 Å². The molecule has 1 aliphatic rings. The van der Waals surface area contributed by atoms with Gasteiger partial charge in [0.05, 0.1) is 23.0 Å². The number of benzene rings is 1. The molecular weight excluding hydrogens is 338 g/mol. The fourth-order valence-electron chi connectivity index (χ4n) is 2.21. The van der Waals surface area contributed by atoms with Gasteiger partial charge in [-0.1, -0.05) is 33.6 Å². The van der Waals surface area contributed by atoms with Crippen LogP contribution in [0.25, 0.3) is 0 Å². The van der Waals surface area contributed by atoms with Crippen molar-refractivity contribution in [1.82, 2.24) is 0 Å². The Morgan fingerprint density at radius 2 is 2.22 bits per heavy atom. The van der Waals surface area contributed by atoms with Gasteiger partial charge in [0.25, 0.3) is 0 Å². The molecule has 96 valence electrons. The van der Waals surface area contributed by atoms with Crippen LogP contribution < -0.4 is 0 Å². The molecule has 0 saturated carbocycles. The van der Waals surface area contributed by atoms with Gasteiger partial charge in [0.15, 0.2) is 9.84 Å². The molecule has 1 aromatic rings. The first-order chi connectivity index (χ1) is 8.36. The fraction of sp³-hybridized carbons (Fsp3) is 0.417. The lowest BCUT2D eigenvalue weighted by Crippen LogP contribution is -2.23. The zero-order chi connectivity index (χ0) is 13.4. The first-order valence-electron chi connectivity index (χ1n) is 5.41. The highest BCUT2D eigenvalue weighted by Crippen LogP contribution is 2.37. The van der Waals surface area contributed by atoms with Gasteiger partial charge in [-0.05, 0) is 30.5 Å². The molecule has 1 fully saturated rings. The van der Waals surface area contributed by atoms with Crippen LogP contribution >= 0.6 is 27.5 Å². The van der Waals surface area contributed by atoms with Gasteiger partial charge in [-0.25, -0.2) is 8.42 Å². The maximum Gasteiger partial charge on any atom is 0.151 e. The zero-order valence-electron chi connectivity index (χ0n) is 9.49. The molecule has 0 N–H and O–H groups in total. The van der Waals surface area contributed by atoms with Gasteiger partial charge < -0.3 is 0 Å². The normalized spacial score (nSPS) is 25.8. The second-order valence-corrected chi connectivity index (χ2v) is 8.15. The molecule has 1 saturated heterocycles. The number of sulfone groups is 1. The molecule has 3 nitrogen and oxygen atoms in total.